The molecule has 120 valence electrons. The molecular formula is C18H25NO3. The van der Waals surface area contributed by atoms with Crippen molar-refractivity contribution in [2.24, 2.45) is 0 Å². The molecule has 0 fully saturated rings. The van der Waals surface area contributed by atoms with Crippen LogP contribution in [0.2, 0.25) is 0 Å². The second-order valence-corrected chi connectivity index (χ2v) is 5.71. The van der Waals surface area contributed by atoms with Crippen molar-refractivity contribution < 1.29 is 14.3 Å². The number of nitrogens with zero attached hydrogens (tertiary/aromatic N) is 1. The predicted octanol–water partition coefficient (Wildman–Crippen LogP) is 3.85. The summed E-state index contributed by atoms with van der Waals surface area (Å²) >= 11 is 0. The van der Waals surface area contributed by atoms with Crippen molar-refractivity contribution in [2.75, 3.05) is 6.79 Å². The molecule has 2 rings (SSSR count). The van der Waals surface area contributed by atoms with Crippen LogP contribution in [0.25, 0.3) is 6.08 Å². The highest BCUT2D eigenvalue weighted by molar-refractivity contribution is 5.92. The minimum absolute atomic E-state index is 0.0568. The summed E-state index contributed by atoms with van der Waals surface area (Å²) in [6, 6.07) is 6.16. The summed E-state index contributed by atoms with van der Waals surface area (Å²) in [7, 11) is 0. The van der Waals surface area contributed by atoms with Gasteiger partial charge in [0.25, 0.3) is 0 Å². The normalized spacial score (nSPS) is 15.8. The fourth-order valence-corrected chi connectivity index (χ4v) is 2.53. The van der Waals surface area contributed by atoms with Gasteiger partial charge >= 0.3 is 0 Å². The molecular weight excluding hydrogens is 278 g/mol. The van der Waals surface area contributed by atoms with E-state index in [1.807, 2.05) is 29.2 Å². The lowest BCUT2D eigenvalue weighted by Crippen LogP contribution is -2.43. The first-order chi connectivity index (χ1) is 10.6. The highest BCUT2D eigenvalue weighted by Gasteiger charge is 2.21. The number of amides is 1. The van der Waals surface area contributed by atoms with E-state index < -0.39 is 0 Å². The van der Waals surface area contributed by atoms with E-state index in [2.05, 4.69) is 27.7 Å². The summed E-state index contributed by atoms with van der Waals surface area (Å²) in [6.07, 6.45) is 5.39. The first-order valence-corrected chi connectivity index (χ1v) is 7.96. The van der Waals surface area contributed by atoms with Crippen LogP contribution in [0.4, 0.5) is 0 Å². The van der Waals surface area contributed by atoms with Gasteiger partial charge in [0.1, 0.15) is 0 Å². The van der Waals surface area contributed by atoms with Gasteiger partial charge in [-0.1, -0.05) is 19.9 Å². The van der Waals surface area contributed by atoms with E-state index in [-0.39, 0.29) is 24.8 Å². The van der Waals surface area contributed by atoms with Crippen molar-refractivity contribution in [1.82, 2.24) is 4.90 Å². The van der Waals surface area contributed by atoms with Crippen molar-refractivity contribution in [1.29, 1.82) is 0 Å². The molecule has 1 heterocycles. The average molecular weight is 303 g/mol. The molecule has 1 aliphatic heterocycles. The largest absolute Gasteiger partial charge is 0.454 e. The van der Waals surface area contributed by atoms with Gasteiger partial charge in [0.05, 0.1) is 0 Å². The molecule has 0 saturated heterocycles. The van der Waals surface area contributed by atoms with Gasteiger partial charge in [-0.15, -0.1) is 0 Å². The fraction of sp³-hybridized carbons (Fsp3) is 0.500. The maximum atomic E-state index is 12.5. The summed E-state index contributed by atoms with van der Waals surface area (Å²) in [5.41, 5.74) is 0.936. The lowest BCUT2D eigenvalue weighted by molar-refractivity contribution is -0.130. The Morgan fingerprint density at radius 2 is 1.82 bits per heavy atom. The van der Waals surface area contributed by atoms with Gasteiger partial charge in [0, 0.05) is 18.2 Å². The third kappa shape index (κ3) is 3.62. The van der Waals surface area contributed by atoms with E-state index in [9.17, 15) is 4.79 Å². The molecule has 1 aliphatic rings. The highest BCUT2D eigenvalue weighted by atomic mass is 16.7. The van der Waals surface area contributed by atoms with Crippen molar-refractivity contribution in [3.8, 4) is 11.5 Å². The Hall–Kier alpha value is -1.97. The third-order valence-electron chi connectivity index (χ3n) is 4.20. The molecule has 0 spiro atoms. The Morgan fingerprint density at radius 1 is 1.18 bits per heavy atom. The van der Waals surface area contributed by atoms with Crippen molar-refractivity contribution >= 4 is 12.0 Å². The van der Waals surface area contributed by atoms with E-state index in [4.69, 9.17) is 9.47 Å². The SMILES string of the molecule is CCC(C)N(C(=O)C=Cc1ccc2c(c1)OCO2)C(C)CC. The molecule has 0 aliphatic carbocycles. The van der Waals surface area contributed by atoms with Gasteiger partial charge in [-0.25, -0.2) is 0 Å². The molecule has 4 heteroatoms. The molecule has 2 atom stereocenters. The second kappa shape index (κ2) is 7.34. The Bertz CT molecular complexity index is 543. The molecule has 4 nitrogen and oxygen atoms in total. The van der Waals surface area contributed by atoms with Crippen molar-refractivity contribution in [2.45, 2.75) is 52.6 Å². The summed E-state index contributed by atoms with van der Waals surface area (Å²) in [6.45, 7) is 8.66. The predicted molar refractivity (Wildman–Crippen MR) is 88.0 cm³/mol. The Morgan fingerprint density at radius 3 is 2.45 bits per heavy atom. The summed E-state index contributed by atoms with van der Waals surface area (Å²) in [5.74, 6) is 1.54. The summed E-state index contributed by atoms with van der Waals surface area (Å²) in [4.78, 5) is 14.5. The van der Waals surface area contributed by atoms with Crippen LogP contribution in [-0.2, 0) is 4.79 Å². The quantitative estimate of drug-likeness (QED) is 0.749. The lowest BCUT2D eigenvalue weighted by Gasteiger charge is -2.33. The number of benzene rings is 1. The number of rotatable bonds is 6. The molecule has 0 N–H and O–H groups in total. The van der Waals surface area contributed by atoms with E-state index in [1.54, 1.807) is 6.08 Å². The number of fused-ring (bicyclic) bond motifs is 1. The molecule has 22 heavy (non-hydrogen) atoms. The van der Waals surface area contributed by atoms with Crippen LogP contribution in [-0.4, -0.2) is 29.7 Å². The van der Waals surface area contributed by atoms with Crippen LogP contribution < -0.4 is 9.47 Å². The minimum Gasteiger partial charge on any atom is -0.454 e. The molecule has 2 unspecified atom stereocenters. The van der Waals surface area contributed by atoms with Crippen molar-refractivity contribution in [3.63, 3.8) is 0 Å². The zero-order valence-electron chi connectivity index (χ0n) is 13.8. The van der Waals surface area contributed by atoms with Crippen LogP contribution in [0.15, 0.2) is 24.3 Å². The van der Waals surface area contributed by atoms with E-state index in [1.165, 1.54) is 0 Å². The monoisotopic (exact) mass is 303 g/mol. The minimum atomic E-state index is 0.0568. The van der Waals surface area contributed by atoms with Crippen molar-refractivity contribution in [3.05, 3.63) is 29.8 Å². The zero-order valence-corrected chi connectivity index (χ0v) is 13.8. The molecule has 0 saturated carbocycles. The molecule has 1 aromatic rings. The van der Waals surface area contributed by atoms with Crippen LogP contribution >= 0.6 is 0 Å². The van der Waals surface area contributed by atoms with Crippen LogP contribution in [0.3, 0.4) is 0 Å². The Labute approximate surface area is 132 Å². The van der Waals surface area contributed by atoms with Crippen LogP contribution in [0, 0.1) is 0 Å². The second-order valence-electron chi connectivity index (χ2n) is 5.71. The number of hydrogen-bond acceptors (Lipinski definition) is 3. The maximum Gasteiger partial charge on any atom is 0.247 e. The van der Waals surface area contributed by atoms with E-state index >= 15 is 0 Å². The summed E-state index contributed by atoms with van der Waals surface area (Å²) < 4.78 is 10.6. The number of carbonyl (C=O) groups excluding carboxylic acids is 1. The van der Waals surface area contributed by atoms with Gasteiger partial charge < -0.3 is 14.4 Å². The highest BCUT2D eigenvalue weighted by Crippen LogP contribution is 2.32. The molecule has 0 radical (unpaired) electrons. The van der Waals surface area contributed by atoms with Crippen LogP contribution in [0.5, 0.6) is 11.5 Å². The van der Waals surface area contributed by atoms with E-state index in [0.29, 0.717) is 0 Å². The first-order valence-electron chi connectivity index (χ1n) is 7.96. The van der Waals surface area contributed by atoms with Crippen LogP contribution in [0.1, 0.15) is 46.1 Å². The fourth-order valence-electron chi connectivity index (χ4n) is 2.53. The lowest BCUT2D eigenvalue weighted by atomic mass is 10.1. The Kier molecular flexibility index (Phi) is 5.47. The summed E-state index contributed by atoms with van der Waals surface area (Å²) in [5, 5.41) is 0. The Balaban J connectivity index is 2.11. The topological polar surface area (TPSA) is 38.8 Å². The molecule has 1 aromatic carbocycles. The van der Waals surface area contributed by atoms with Gasteiger partial charge in [-0.2, -0.15) is 0 Å². The zero-order chi connectivity index (χ0) is 16.1. The van der Waals surface area contributed by atoms with E-state index in [0.717, 1.165) is 29.9 Å². The number of carbonyl (C=O) groups is 1. The molecule has 0 bridgehead atoms. The molecule has 1 amide bonds. The number of hydrogen-bond donors (Lipinski definition) is 0. The van der Waals surface area contributed by atoms with Gasteiger partial charge in [-0.05, 0) is 50.5 Å². The average Bonchev–Trinajstić information content (AvgIpc) is 3.00. The smallest absolute Gasteiger partial charge is 0.247 e. The standard InChI is InChI=1S/C18H25NO3/c1-5-13(3)19(14(4)6-2)18(20)10-8-15-7-9-16-17(11-15)22-12-21-16/h7-11,13-14H,5-6,12H2,1-4H3. The maximum absolute atomic E-state index is 12.5. The van der Waals surface area contributed by atoms with Gasteiger partial charge in [-0.3, -0.25) is 4.79 Å². The molecule has 0 aromatic heterocycles. The first kappa shape index (κ1) is 16.4. The third-order valence-corrected chi connectivity index (χ3v) is 4.20. The van der Waals surface area contributed by atoms with Gasteiger partial charge in [0.2, 0.25) is 12.7 Å². The number of ether oxygens (including phenoxy) is 2. The van der Waals surface area contributed by atoms with Gasteiger partial charge in [0.15, 0.2) is 11.5 Å².